The summed E-state index contributed by atoms with van der Waals surface area (Å²) in [5, 5.41) is 8.44. The maximum absolute atomic E-state index is 11.6. The number of hydrogen-bond donors (Lipinski definition) is 2. The molecular weight excluding hydrogens is 232 g/mol. The summed E-state index contributed by atoms with van der Waals surface area (Å²) in [7, 11) is -2.27. The average molecular weight is 250 g/mol. The van der Waals surface area contributed by atoms with Crippen molar-refractivity contribution in [3.05, 3.63) is 12.7 Å². The lowest BCUT2D eigenvalue weighted by Gasteiger charge is -2.19. The normalized spacial score (nSPS) is 13.7. The average Bonchev–Trinajstić information content (AvgIpc) is 2.13. The zero-order chi connectivity index (χ0) is 12.8. The molecule has 7 heteroatoms. The van der Waals surface area contributed by atoms with Crippen LogP contribution in [0.25, 0.3) is 0 Å². The van der Waals surface area contributed by atoms with E-state index in [9.17, 15) is 13.2 Å². The molecule has 0 rings (SSSR count). The van der Waals surface area contributed by atoms with Gasteiger partial charge in [0.05, 0.1) is 6.42 Å². The molecule has 1 unspecified atom stereocenters. The van der Waals surface area contributed by atoms with E-state index < -0.39 is 16.2 Å². The van der Waals surface area contributed by atoms with Gasteiger partial charge in [-0.1, -0.05) is 6.08 Å². The molecule has 0 radical (unpaired) electrons. The van der Waals surface area contributed by atoms with Crippen LogP contribution in [0.3, 0.4) is 0 Å². The molecule has 0 spiro atoms. The topological polar surface area (TPSA) is 86.7 Å². The van der Waals surface area contributed by atoms with Crippen molar-refractivity contribution < 1.29 is 18.3 Å². The minimum absolute atomic E-state index is 0.0501. The standard InChI is InChI=1S/C9H18N2O4S/c1-4-5-8(2)10-16(14,15)11(3)7-6-9(12)13/h4,8,10H,1,5-7H2,2-3H3,(H,12,13). The Labute approximate surface area is 96.1 Å². The Kier molecular flexibility index (Phi) is 6.24. The molecule has 0 amide bonds. The Hall–Kier alpha value is -0.920. The van der Waals surface area contributed by atoms with Crippen molar-refractivity contribution in [1.82, 2.24) is 9.03 Å². The maximum atomic E-state index is 11.6. The van der Waals surface area contributed by atoms with Gasteiger partial charge in [-0.2, -0.15) is 17.4 Å². The minimum Gasteiger partial charge on any atom is -0.481 e. The summed E-state index contributed by atoms with van der Waals surface area (Å²) >= 11 is 0. The number of nitrogens with one attached hydrogen (secondary N) is 1. The molecule has 0 aliphatic heterocycles. The van der Waals surface area contributed by atoms with E-state index in [1.807, 2.05) is 0 Å². The predicted molar refractivity (Wildman–Crippen MR) is 61.2 cm³/mol. The Morgan fingerprint density at radius 3 is 2.62 bits per heavy atom. The summed E-state index contributed by atoms with van der Waals surface area (Å²) in [4.78, 5) is 10.3. The number of rotatable bonds is 8. The van der Waals surface area contributed by atoms with E-state index in [-0.39, 0.29) is 19.0 Å². The first kappa shape index (κ1) is 15.1. The van der Waals surface area contributed by atoms with Crippen molar-refractivity contribution >= 4 is 16.2 Å². The maximum Gasteiger partial charge on any atom is 0.304 e. The largest absolute Gasteiger partial charge is 0.481 e. The third-order valence-corrected chi connectivity index (χ3v) is 3.62. The van der Waals surface area contributed by atoms with Crippen molar-refractivity contribution in [2.24, 2.45) is 0 Å². The number of nitrogens with zero attached hydrogens (tertiary/aromatic N) is 1. The van der Waals surface area contributed by atoms with Gasteiger partial charge >= 0.3 is 5.97 Å². The van der Waals surface area contributed by atoms with E-state index in [0.717, 1.165) is 4.31 Å². The van der Waals surface area contributed by atoms with Crippen molar-refractivity contribution in [2.75, 3.05) is 13.6 Å². The molecule has 0 aromatic carbocycles. The first-order chi connectivity index (χ1) is 7.29. The van der Waals surface area contributed by atoms with E-state index in [4.69, 9.17) is 5.11 Å². The van der Waals surface area contributed by atoms with Crippen LogP contribution in [0.15, 0.2) is 12.7 Å². The molecule has 0 saturated heterocycles. The highest BCUT2D eigenvalue weighted by atomic mass is 32.2. The van der Waals surface area contributed by atoms with E-state index in [1.165, 1.54) is 7.05 Å². The van der Waals surface area contributed by atoms with Gasteiger partial charge in [0.1, 0.15) is 0 Å². The van der Waals surface area contributed by atoms with Crippen LogP contribution in [0.4, 0.5) is 0 Å². The molecule has 0 aromatic rings. The summed E-state index contributed by atoms with van der Waals surface area (Å²) in [5.41, 5.74) is 0. The van der Waals surface area contributed by atoms with Gasteiger partial charge in [-0.25, -0.2) is 0 Å². The molecule has 0 aromatic heterocycles. The van der Waals surface area contributed by atoms with Crippen LogP contribution in [0.5, 0.6) is 0 Å². The van der Waals surface area contributed by atoms with Crippen LogP contribution in [0.1, 0.15) is 19.8 Å². The second-order valence-corrected chi connectivity index (χ2v) is 5.32. The summed E-state index contributed by atoms with van der Waals surface area (Å²) in [5.74, 6) is -1.03. The van der Waals surface area contributed by atoms with Crippen LogP contribution >= 0.6 is 0 Å². The van der Waals surface area contributed by atoms with E-state index in [0.29, 0.717) is 6.42 Å². The fourth-order valence-corrected chi connectivity index (χ4v) is 2.13. The molecule has 6 nitrogen and oxygen atoms in total. The van der Waals surface area contributed by atoms with Gasteiger partial charge in [-0.05, 0) is 13.3 Å². The second kappa shape index (κ2) is 6.62. The Bertz CT molecular complexity index is 339. The number of aliphatic carboxylic acids is 1. The molecule has 0 aliphatic carbocycles. The van der Waals surface area contributed by atoms with Crippen LogP contribution in [0.2, 0.25) is 0 Å². The number of carbonyl (C=O) groups is 1. The SMILES string of the molecule is C=CCC(C)NS(=O)(=O)N(C)CCC(=O)O. The van der Waals surface area contributed by atoms with Gasteiger partial charge in [-0.15, -0.1) is 6.58 Å². The second-order valence-electron chi connectivity index (χ2n) is 3.51. The predicted octanol–water partition coefficient (Wildman–Crippen LogP) is 0.192. The summed E-state index contributed by atoms with van der Waals surface area (Å²) in [6.45, 7) is 5.17. The van der Waals surface area contributed by atoms with Gasteiger partial charge in [0.15, 0.2) is 0 Å². The molecule has 16 heavy (non-hydrogen) atoms. The first-order valence-corrected chi connectivity index (χ1v) is 6.30. The molecular formula is C9H18N2O4S. The van der Waals surface area contributed by atoms with Crippen molar-refractivity contribution in [3.8, 4) is 0 Å². The van der Waals surface area contributed by atoms with Gasteiger partial charge in [-0.3, -0.25) is 4.79 Å². The molecule has 0 heterocycles. The van der Waals surface area contributed by atoms with Crippen LogP contribution in [-0.2, 0) is 15.0 Å². The lowest BCUT2D eigenvalue weighted by molar-refractivity contribution is -0.137. The van der Waals surface area contributed by atoms with Crippen LogP contribution in [0, 0.1) is 0 Å². The number of carboxylic acids is 1. The van der Waals surface area contributed by atoms with E-state index in [2.05, 4.69) is 11.3 Å². The van der Waals surface area contributed by atoms with Crippen molar-refractivity contribution in [3.63, 3.8) is 0 Å². The Morgan fingerprint density at radius 2 is 2.19 bits per heavy atom. The van der Waals surface area contributed by atoms with E-state index >= 15 is 0 Å². The molecule has 0 aliphatic rings. The minimum atomic E-state index is -3.61. The summed E-state index contributed by atoms with van der Waals surface area (Å²) < 4.78 is 26.6. The third kappa shape index (κ3) is 5.84. The molecule has 0 bridgehead atoms. The highest BCUT2D eigenvalue weighted by Crippen LogP contribution is 2.00. The van der Waals surface area contributed by atoms with Crippen molar-refractivity contribution in [2.45, 2.75) is 25.8 Å². The van der Waals surface area contributed by atoms with Crippen molar-refractivity contribution in [1.29, 1.82) is 0 Å². The monoisotopic (exact) mass is 250 g/mol. The first-order valence-electron chi connectivity index (χ1n) is 4.86. The highest BCUT2D eigenvalue weighted by molar-refractivity contribution is 7.87. The summed E-state index contributed by atoms with van der Waals surface area (Å²) in [6, 6.07) is -0.255. The Morgan fingerprint density at radius 1 is 1.62 bits per heavy atom. The third-order valence-electron chi connectivity index (χ3n) is 1.92. The smallest absolute Gasteiger partial charge is 0.304 e. The molecule has 94 valence electrons. The van der Waals surface area contributed by atoms with Gasteiger partial charge in [0.2, 0.25) is 0 Å². The quantitative estimate of drug-likeness (QED) is 0.602. The molecule has 0 fully saturated rings. The number of carboxylic acid groups (broad SMARTS) is 1. The molecule has 0 saturated carbocycles. The fourth-order valence-electron chi connectivity index (χ4n) is 1.02. The van der Waals surface area contributed by atoms with Crippen LogP contribution < -0.4 is 4.72 Å². The lowest BCUT2D eigenvalue weighted by Crippen LogP contribution is -2.43. The zero-order valence-corrected chi connectivity index (χ0v) is 10.3. The molecule has 1 atom stereocenters. The Balaban J connectivity index is 4.30. The van der Waals surface area contributed by atoms with Gasteiger partial charge < -0.3 is 5.11 Å². The van der Waals surface area contributed by atoms with Crippen LogP contribution in [-0.4, -0.2) is 43.4 Å². The van der Waals surface area contributed by atoms with E-state index in [1.54, 1.807) is 13.0 Å². The zero-order valence-electron chi connectivity index (χ0n) is 9.51. The lowest BCUT2D eigenvalue weighted by atomic mass is 10.3. The van der Waals surface area contributed by atoms with Gasteiger partial charge in [0, 0.05) is 19.6 Å². The summed E-state index contributed by atoms with van der Waals surface area (Å²) in [6.07, 6.45) is 1.92. The molecule has 2 N–H and O–H groups in total. The number of hydrogen-bond acceptors (Lipinski definition) is 3. The fraction of sp³-hybridized carbons (Fsp3) is 0.667. The van der Waals surface area contributed by atoms with Gasteiger partial charge in [0.25, 0.3) is 10.2 Å². The highest BCUT2D eigenvalue weighted by Gasteiger charge is 2.19.